The van der Waals surface area contributed by atoms with Gasteiger partial charge >= 0.3 is 0 Å². The number of rotatable bonds is 8. The summed E-state index contributed by atoms with van der Waals surface area (Å²) in [7, 11) is 0. The van der Waals surface area contributed by atoms with Crippen LogP contribution in [-0.2, 0) is 6.42 Å². The van der Waals surface area contributed by atoms with E-state index in [9.17, 15) is 0 Å². The zero-order chi connectivity index (χ0) is 13.5. The Morgan fingerprint density at radius 3 is 2.50 bits per heavy atom. The molecule has 0 spiro atoms. The fraction of sp³-hybridized carbons (Fsp3) is 0.800. The average molecular weight is 251 g/mol. The second kappa shape index (κ2) is 7.57. The maximum atomic E-state index is 4.61. The van der Waals surface area contributed by atoms with E-state index in [4.69, 9.17) is 0 Å². The molecule has 0 amide bonds. The molecule has 1 rings (SSSR count). The molecule has 1 heterocycles. The van der Waals surface area contributed by atoms with Crippen molar-refractivity contribution < 1.29 is 0 Å². The zero-order valence-corrected chi connectivity index (χ0v) is 12.6. The summed E-state index contributed by atoms with van der Waals surface area (Å²) in [6.45, 7) is 12.1. The van der Waals surface area contributed by atoms with Gasteiger partial charge in [-0.15, -0.1) is 0 Å². The lowest BCUT2D eigenvalue weighted by Crippen LogP contribution is -2.30. The first-order valence-corrected chi connectivity index (χ1v) is 7.30. The summed E-state index contributed by atoms with van der Waals surface area (Å²) >= 11 is 0. The average Bonchev–Trinajstić information content (AvgIpc) is 2.74. The van der Waals surface area contributed by atoms with E-state index in [0.717, 1.165) is 18.9 Å². The van der Waals surface area contributed by atoms with Crippen LogP contribution in [0, 0.1) is 5.92 Å². The SMILES string of the molecule is CCNC(CCc1ccn(C(C)C)n1)CC(C)C. The van der Waals surface area contributed by atoms with Crippen molar-refractivity contribution in [1.82, 2.24) is 15.1 Å². The van der Waals surface area contributed by atoms with Gasteiger partial charge in [0.15, 0.2) is 0 Å². The van der Waals surface area contributed by atoms with Crippen molar-refractivity contribution in [2.45, 2.75) is 66.0 Å². The lowest BCUT2D eigenvalue weighted by atomic mass is 9.99. The number of hydrogen-bond donors (Lipinski definition) is 1. The van der Waals surface area contributed by atoms with E-state index in [-0.39, 0.29) is 0 Å². The van der Waals surface area contributed by atoms with Gasteiger partial charge in [-0.2, -0.15) is 5.10 Å². The van der Waals surface area contributed by atoms with E-state index in [1.807, 2.05) is 4.68 Å². The molecule has 0 fully saturated rings. The van der Waals surface area contributed by atoms with Crippen molar-refractivity contribution in [2.24, 2.45) is 5.92 Å². The summed E-state index contributed by atoms with van der Waals surface area (Å²) in [5.74, 6) is 0.752. The maximum absolute atomic E-state index is 4.61. The number of nitrogens with zero attached hydrogens (tertiary/aromatic N) is 2. The lowest BCUT2D eigenvalue weighted by Gasteiger charge is -2.19. The van der Waals surface area contributed by atoms with Gasteiger partial charge < -0.3 is 5.32 Å². The Morgan fingerprint density at radius 1 is 1.28 bits per heavy atom. The topological polar surface area (TPSA) is 29.9 Å². The molecule has 0 aromatic carbocycles. The van der Waals surface area contributed by atoms with Crippen LogP contribution in [0.1, 0.15) is 59.2 Å². The first-order valence-electron chi connectivity index (χ1n) is 7.30. The molecule has 1 aromatic heterocycles. The van der Waals surface area contributed by atoms with Crippen molar-refractivity contribution >= 4 is 0 Å². The van der Waals surface area contributed by atoms with Gasteiger partial charge in [-0.1, -0.05) is 20.8 Å². The molecule has 1 atom stereocenters. The van der Waals surface area contributed by atoms with Crippen molar-refractivity contribution in [1.29, 1.82) is 0 Å². The predicted octanol–water partition coefficient (Wildman–Crippen LogP) is 3.42. The highest BCUT2D eigenvalue weighted by atomic mass is 15.3. The minimum atomic E-state index is 0.457. The second-order valence-corrected chi connectivity index (χ2v) is 5.80. The maximum Gasteiger partial charge on any atom is 0.0625 e. The molecule has 0 saturated carbocycles. The van der Waals surface area contributed by atoms with Crippen molar-refractivity contribution in [2.75, 3.05) is 6.54 Å². The van der Waals surface area contributed by atoms with Gasteiger partial charge in [-0.05, 0) is 51.6 Å². The van der Waals surface area contributed by atoms with Gasteiger partial charge in [0.2, 0.25) is 0 Å². The summed E-state index contributed by atoms with van der Waals surface area (Å²) in [4.78, 5) is 0. The molecule has 0 aliphatic heterocycles. The standard InChI is InChI=1S/C15H29N3/c1-6-16-15(11-12(2)3)8-7-14-9-10-18(17-14)13(4)5/h9-10,12-13,15-16H,6-8,11H2,1-5H3. The Balaban J connectivity index is 2.44. The van der Waals surface area contributed by atoms with Crippen LogP contribution in [0.15, 0.2) is 12.3 Å². The third kappa shape index (κ3) is 5.21. The van der Waals surface area contributed by atoms with Gasteiger partial charge in [-0.25, -0.2) is 0 Å². The Morgan fingerprint density at radius 2 is 2.00 bits per heavy atom. The first-order chi connectivity index (χ1) is 8.52. The number of nitrogens with one attached hydrogen (secondary N) is 1. The molecular weight excluding hydrogens is 222 g/mol. The van der Waals surface area contributed by atoms with E-state index in [0.29, 0.717) is 12.1 Å². The van der Waals surface area contributed by atoms with E-state index in [1.165, 1.54) is 18.5 Å². The normalized spacial score (nSPS) is 13.5. The molecule has 1 N–H and O–H groups in total. The molecule has 0 bridgehead atoms. The number of hydrogen-bond acceptors (Lipinski definition) is 2. The Hall–Kier alpha value is -0.830. The monoisotopic (exact) mass is 251 g/mol. The van der Waals surface area contributed by atoms with Gasteiger partial charge in [0, 0.05) is 18.3 Å². The second-order valence-electron chi connectivity index (χ2n) is 5.80. The van der Waals surface area contributed by atoms with Crippen molar-refractivity contribution in [3.63, 3.8) is 0 Å². The van der Waals surface area contributed by atoms with Gasteiger partial charge in [0.1, 0.15) is 0 Å². The van der Waals surface area contributed by atoms with E-state index in [2.05, 4.69) is 57.3 Å². The Labute approximate surface area is 112 Å². The molecule has 104 valence electrons. The van der Waals surface area contributed by atoms with Crippen LogP contribution in [0.25, 0.3) is 0 Å². The van der Waals surface area contributed by atoms with Crippen LogP contribution in [-0.4, -0.2) is 22.4 Å². The minimum absolute atomic E-state index is 0.457. The lowest BCUT2D eigenvalue weighted by molar-refractivity contribution is 0.403. The molecule has 0 saturated heterocycles. The number of aromatic nitrogens is 2. The van der Waals surface area contributed by atoms with Crippen LogP contribution in [0.2, 0.25) is 0 Å². The van der Waals surface area contributed by atoms with E-state index in [1.54, 1.807) is 0 Å². The quantitative estimate of drug-likeness (QED) is 0.767. The number of aryl methyl sites for hydroxylation is 1. The van der Waals surface area contributed by atoms with Gasteiger partial charge in [-0.3, -0.25) is 4.68 Å². The molecule has 1 unspecified atom stereocenters. The smallest absolute Gasteiger partial charge is 0.0625 e. The van der Waals surface area contributed by atoms with Crippen LogP contribution in [0.3, 0.4) is 0 Å². The highest BCUT2D eigenvalue weighted by molar-refractivity contribution is 5.00. The summed E-state index contributed by atoms with van der Waals surface area (Å²) in [5.41, 5.74) is 1.22. The predicted molar refractivity (Wildman–Crippen MR) is 77.9 cm³/mol. The zero-order valence-electron chi connectivity index (χ0n) is 12.6. The fourth-order valence-electron chi connectivity index (χ4n) is 2.28. The highest BCUT2D eigenvalue weighted by Crippen LogP contribution is 2.12. The van der Waals surface area contributed by atoms with E-state index >= 15 is 0 Å². The van der Waals surface area contributed by atoms with Gasteiger partial charge in [0.25, 0.3) is 0 Å². The third-order valence-corrected chi connectivity index (χ3v) is 3.19. The summed E-state index contributed by atoms with van der Waals surface area (Å²) in [5, 5.41) is 8.19. The van der Waals surface area contributed by atoms with Crippen LogP contribution >= 0.6 is 0 Å². The molecule has 3 heteroatoms. The molecule has 1 aromatic rings. The molecule has 0 aliphatic carbocycles. The summed E-state index contributed by atoms with van der Waals surface area (Å²) < 4.78 is 2.04. The van der Waals surface area contributed by atoms with E-state index < -0.39 is 0 Å². The molecule has 0 radical (unpaired) electrons. The van der Waals surface area contributed by atoms with Crippen LogP contribution in [0.4, 0.5) is 0 Å². The molecular formula is C15H29N3. The van der Waals surface area contributed by atoms with Crippen molar-refractivity contribution in [3.8, 4) is 0 Å². The molecule has 3 nitrogen and oxygen atoms in total. The Bertz CT molecular complexity index is 328. The highest BCUT2D eigenvalue weighted by Gasteiger charge is 2.11. The molecule has 18 heavy (non-hydrogen) atoms. The Kier molecular flexibility index (Phi) is 6.41. The van der Waals surface area contributed by atoms with Crippen molar-refractivity contribution in [3.05, 3.63) is 18.0 Å². The van der Waals surface area contributed by atoms with Crippen LogP contribution < -0.4 is 5.32 Å². The first kappa shape index (κ1) is 15.2. The van der Waals surface area contributed by atoms with Crippen LogP contribution in [0.5, 0.6) is 0 Å². The van der Waals surface area contributed by atoms with Gasteiger partial charge in [0.05, 0.1) is 5.69 Å². The summed E-state index contributed by atoms with van der Waals surface area (Å²) in [6, 6.07) is 3.23. The largest absolute Gasteiger partial charge is 0.314 e. The minimum Gasteiger partial charge on any atom is -0.314 e. The third-order valence-electron chi connectivity index (χ3n) is 3.19. The summed E-state index contributed by atoms with van der Waals surface area (Å²) in [6.07, 6.45) is 5.59. The molecule has 0 aliphatic rings. The fourth-order valence-corrected chi connectivity index (χ4v) is 2.28.